The van der Waals surface area contributed by atoms with Crippen molar-refractivity contribution in [3.63, 3.8) is 0 Å². The van der Waals surface area contributed by atoms with Gasteiger partial charge in [-0.05, 0) is 29.6 Å². The van der Waals surface area contributed by atoms with Crippen molar-refractivity contribution in [3.05, 3.63) is 52.7 Å². The molecule has 0 aliphatic rings. The molecular weight excluding hydrogens is 270 g/mol. The maximum absolute atomic E-state index is 12.6. The largest absolute Gasteiger partial charge is 0.288 e. The van der Waals surface area contributed by atoms with Crippen LogP contribution in [0.15, 0.2) is 36.5 Å². The number of nitrogens with zero attached hydrogens (tertiary/aromatic N) is 3. The zero-order chi connectivity index (χ0) is 14.1. The first-order valence-corrected chi connectivity index (χ1v) is 7.16. The van der Waals surface area contributed by atoms with Gasteiger partial charge in [0.15, 0.2) is 0 Å². The lowest BCUT2D eigenvalue weighted by Gasteiger charge is -2.04. The van der Waals surface area contributed by atoms with E-state index in [-0.39, 0.29) is 11.7 Å². The third-order valence-electron chi connectivity index (χ3n) is 3.13. The SMILES string of the molecule is CC(C)c1nnsc1C(=O)c1ccc2cccnc2c1. The Kier molecular flexibility index (Phi) is 3.28. The highest BCUT2D eigenvalue weighted by Gasteiger charge is 2.20. The molecule has 0 bridgehead atoms. The topological polar surface area (TPSA) is 55.7 Å². The summed E-state index contributed by atoms with van der Waals surface area (Å²) in [6.07, 6.45) is 1.73. The van der Waals surface area contributed by atoms with Crippen molar-refractivity contribution in [3.8, 4) is 0 Å². The van der Waals surface area contributed by atoms with Gasteiger partial charge in [0.2, 0.25) is 5.78 Å². The van der Waals surface area contributed by atoms with Gasteiger partial charge in [0, 0.05) is 17.1 Å². The van der Waals surface area contributed by atoms with Gasteiger partial charge in [-0.3, -0.25) is 9.78 Å². The summed E-state index contributed by atoms with van der Waals surface area (Å²) in [5.74, 6) is 0.155. The lowest BCUT2D eigenvalue weighted by molar-refractivity contribution is 0.104. The van der Waals surface area contributed by atoms with Crippen LogP contribution < -0.4 is 0 Å². The molecule has 3 aromatic rings. The molecule has 0 fully saturated rings. The summed E-state index contributed by atoms with van der Waals surface area (Å²) in [5.41, 5.74) is 2.21. The van der Waals surface area contributed by atoms with Crippen LogP contribution in [0.25, 0.3) is 10.9 Å². The summed E-state index contributed by atoms with van der Waals surface area (Å²) in [7, 11) is 0. The number of fused-ring (bicyclic) bond motifs is 1. The van der Waals surface area contributed by atoms with Crippen LogP contribution in [0.1, 0.15) is 40.7 Å². The summed E-state index contributed by atoms with van der Waals surface area (Å²) in [6, 6.07) is 9.43. The molecule has 4 nitrogen and oxygen atoms in total. The minimum absolute atomic E-state index is 0.0312. The molecule has 0 unspecified atom stereocenters. The summed E-state index contributed by atoms with van der Waals surface area (Å²) in [6.45, 7) is 4.02. The fourth-order valence-electron chi connectivity index (χ4n) is 2.07. The highest BCUT2D eigenvalue weighted by atomic mass is 32.1. The van der Waals surface area contributed by atoms with Crippen LogP contribution in [-0.4, -0.2) is 20.4 Å². The Morgan fingerprint density at radius 3 is 2.90 bits per heavy atom. The Bertz CT molecular complexity index is 779. The first-order valence-electron chi connectivity index (χ1n) is 6.38. The number of hydrogen-bond donors (Lipinski definition) is 0. The van der Waals surface area contributed by atoms with E-state index >= 15 is 0 Å². The molecule has 0 aliphatic carbocycles. The second-order valence-electron chi connectivity index (χ2n) is 4.88. The molecule has 20 heavy (non-hydrogen) atoms. The minimum Gasteiger partial charge on any atom is -0.288 e. The van der Waals surface area contributed by atoms with Gasteiger partial charge < -0.3 is 0 Å². The number of carbonyl (C=O) groups is 1. The normalized spacial score (nSPS) is 11.2. The molecule has 0 atom stereocenters. The van der Waals surface area contributed by atoms with Gasteiger partial charge in [-0.25, -0.2) is 0 Å². The highest BCUT2D eigenvalue weighted by Crippen LogP contribution is 2.24. The van der Waals surface area contributed by atoms with Gasteiger partial charge in [-0.1, -0.05) is 36.5 Å². The van der Waals surface area contributed by atoms with Gasteiger partial charge in [0.05, 0.1) is 11.2 Å². The van der Waals surface area contributed by atoms with Crippen molar-refractivity contribution in [2.45, 2.75) is 19.8 Å². The number of aromatic nitrogens is 3. The van der Waals surface area contributed by atoms with Gasteiger partial charge in [0.1, 0.15) is 4.88 Å². The molecule has 3 rings (SSSR count). The van der Waals surface area contributed by atoms with Gasteiger partial charge in [-0.15, -0.1) is 5.10 Å². The standard InChI is InChI=1S/C15H13N3OS/c1-9(2)13-15(20-18-17-13)14(19)11-6-5-10-4-3-7-16-12(10)8-11/h3-9H,1-2H3. The van der Waals surface area contributed by atoms with E-state index in [9.17, 15) is 4.79 Å². The highest BCUT2D eigenvalue weighted by molar-refractivity contribution is 7.08. The minimum atomic E-state index is -0.0312. The number of ketones is 1. The fourth-order valence-corrected chi connectivity index (χ4v) is 2.85. The van der Waals surface area contributed by atoms with Crippen molar-refractivity contribution in [2.24, 2.45) is 0 Å². The van der Waals surface area contributed by atoms with Crippen molar-refractivity contribution < 1.29 is 4.79 Å². The second kappa shape index (κ2) is 5.09. The molecule has 0 spiro atoms. The maximum atomic E-state index is 12.6. The Labute approximate surface area is 120 Å². The molecular formula is C15H13N3OS. The molecule has 2 aromatic heterocycles. The predicted octanol–water partition coefficient (Wildman–Crippen LogP) is 3.44. The van der Waals surface area contributed by atoms with Crippen LogP contribution in [0.5, 0.6) is 0 Å². The molecule has 0 saturated carbocycles. The molecule has 100 valence electrons. The van der Waals surface area contributed by atoms with Crippen LogP contribution in [0.3, 0.4) is 0 Å². The van der Waals surface area contributed by atoms with Crippen molar-refractivity contribution in [1.82, 2.24) is 14.6 Å². The van der Waals surface area contributed by atoms with E-state index in [1.165, 1.54) is 0 Å². The van der Waals surface area contributed by atoms with Crippen molar-refractivity contribution >= 4 is 28.2 Å². The van der Waals surface area contributed by atoms with Gasteiger partial charge in [-0.2, -0.15) is 0 Å². The molecule has 0 aliphatic heterocycles. The Morgan fingerprint density at radius 2 is 2.10 bits per heavy atom. The molecule has 2 heterocycles. The number of rotatable bonds is 3. The lowest BCUT2D eigenvalue weighted by atomic mass is 10.0. The zero-order valence-electron chi connectivity index (χ0n) is 11.2. The number of hydrogen-bond acceptors (Lipinski definition) is 5. The first-order chi connectivity index (χ1) is 9.66. The third kappa shape index (κ3) is 2.20. The van der Waals surface area contributed by atoms with E-state index in [1.54, 1.807) is 6.20 Å². The lowest BCUT2D eigenvalue weighted by Crippen LogP contribution is -2.04. The average molecular weight is 283 g/mol. The van der Waals surface area contributed by atoms with E-state index in [4.69, 9.17) is 0 Å². The number of carbonyl (C=O) groups excluding carboxylic acids is 1. The number of benzene rings is 1. The Morgan fingerprint density at radius 1 is 1.25 bits per heavy atom. The summed E-state index contributed by atoms with van der Waals surface area (Å²) in [4.78, 5) is 17.5. The summed E-state index contributed by atoms with van der Waals surface area (Å²) < 4.78 is 3.91. The third-order valence-corrected chi connectivity index (χ3v) is 3.87. The molecule has 1 aromatic carbocycles. The summed E-state index contributed by atoms with van der Waals surface area (Å²) in [5, 5.41) is 5.08. The average Bonchev–Trinajstić information content (AvgIpc) is 2.95. The molecule has 0 amide bonds. The Hall–Kier alpha value is -2.14. The van der Waals surface area contributed by atoms with Gasteiger partial charge >= 0.3 is 0 Å². The van der Waals surface area contributed by atoms with Gasteiger partial charge in [0.25, 0.3) is 0 Å². The van der Waals surface area contributed by atoms with Crippen molar-refractivity contribution in [2.75, 3.05) is 0 Å². The smallest absolute Gasteiger partial charge is 0.206 e. The number of pyridine rings is 1. The van der Waals surface area contributed by atoms with Crippen LogP contribution in [0, 0.1) is 0 Å². The van der Waals surface area contributed by atoms with Crippen LogP contribution in [0.2, 0.25) is 0 Å². The van der Waals surface area contributed by atoms with E-state index in [0.29, 0.717) is 10.4 Å². The maximum Gasteiger partial charge on any atom is 0.206 e. The molecule has 0 radical (unpaired) electrons. The summed E-state index contributed by atoms with van der Waals surface area (Å²) >= 11 is 1.16. The fraction of sp³-hybridized carbons (Fsp3) is 0.200. The quantitative estimate of drug-likeness (QED) is 0.691. The van der Waals surface area contributed by atoms with E-state index in [2.05, 4.69) is 14.6 Å². The Balaban J connectivity index is 2.06. The molecule has 0 saturated heterocycles. The first kappa shape index (κ1) is 12.9. The molecule has 0 N–H and O–H groups in total. The van der Waals surface area contributed by atoms with E-state index in [1.807, 2.05) is 44.2 Å². The second-order valence-corrected chi connectivity index (χ2v) is 5.64. The van der Waals surface area contributed by atoms with Crippen LogP contribution in [0.4, 0.5) is 0 Å². The van der Waals surface area contributed by atoms with Crippen LogP contribution >= 0.6 is 11.5 Å². The monoisotopic (exact) mass is 283 g/mol. The zero-order valence-corrected chi connectivity index (χ0v) is 12.0. The van der Waals surface area contributed by atoms with E-state index < -0.39 is 0 Å². The molecule has 5 heteroatoms. The predicted molar refractivity (Wildman–Crippen MR) is 79.2 cm³/mol. The van der Waals surface area contributed by atoms with E-state index in [0.717, 1.165) is 28.1 Å². The van der Waals surface area contributed by atoms with Crippen LogP contribution in [-0.2, 0) is 0 Å². The van der Waals surface area contributed by atoms with Crippen molar-refractivity contribution in [1.29, 1.82) is 0 Å².